The lowest BCUT2D eigenvalue weighted by atomic mass is 10.0. The Labute approximate surface area is 158 Å². The topological polar surface area (TPSA) is 76.1 Å². The predicted octanol–water partition coefficient (Wildman–Crippen LogP) is 3.67. The minimum Gasteiger partial charge on any atom is -0.494 e. The van der Waals surface area contributed by atoms with E-state index in [1.807, 2.05) is 25.1 Å². The van der Waals surface area contributed by atoms with E-state index in [-0.39, 0.29) is 11.5 Å². The number of hydrogen-bond acceptors (Lipinski definition) is 4. The Bertz CT molecular complexity index is 857. The van der Waals surface area contributed by atoms with Crippen LogP contribution in [0.4, 0.5) is 5.69 Å². The van der Waals surface area contributed by atoms with E-state index in [1.165, 1.54) is 12.1 Å². The Morgan fingerprint density at radius 3 is 2.56 bits per heavy atom. The van der Waals surface area contributed by atoms with E-state index >= 15 is 0 Å². The molecule has 1 amide bonds. The summed E-state index contributed by atoms with van der Waals surface area (Å²) in [5.74, 6) is 0.260. The molecule has 0 aromatic heterocycles. The second kappa shape index (κ2) is 7.31. The molecule has 0 bridgehead atoms. The molecule has 1 aliphatic rings. The van der Waals surface area contributed by atoms with Gasteiger partial charge >= 0.3 is 5.97 Å². The number of fused-ring (bicyclic) bond motifs is 1. The molecule has 1 heterocycles. The zero-order chi connectivity index (χ0) is 19.6. The number of carboxylic acids is 1. The molecule has 0 radical (unpaired) electrons. The first kappa shape index (κ1) is 18.8. The number of hydrogen-bond donors (Lipinski definition) is 1. The van der Waals surface area contributed by atoms with Crippen LogP contribution in [0.3, 0.4) is 0 Å². The average Bonchev–Trinajstić information content (AvgIpc) is 2.62. The van der Waals surface area contributed by atoms with Crippen LogP contribution in [0, 0.1) is 6.92 Å². The van der Waals surface area contributed by atoms with E-state index in [4.69, 9.17) is 14.6 Å². The molecule has 6 nitrogen and oxygen atoms in total. The molecule has 0 aliphatic carbocycles. The number of carboxylic acid groups (broad SMARTS) is 1. The number of anilines is 1. The van der Waals surface area contributed by atoms with Gasteiger partial charge in [0.2, 0.25) is 0 Å². The van der Waals surface area contributed by atoms with Crippen molar-refractivity contribution in [2.24, 2.45) is 0 Å². The first-order chi connectivity index (χ1) is 12.8. The highest BCUT2D eigenvalue weighted by Gasteiger charge is 2.40. The van der Waals surface area contributed by atoms with E-state index in [1.54, 1.807) is 30.9 Å². The van der Waals surface area contributed by atoms with Crippen LogP contribution < -0.4 is 14.4 Å². The molecule has 1 aliphatic heterocycles. The van der Waals surface area contributed by atoms with Crippen molar-refractivity contribution in [1.29, 1.82) is 0 Å². The van der Waals surface area contributed by atoms with Gasteiger partial charge in [-0.15, -0.1) is 0 Å². The van der Waals surface area contributed by atoms with Gasteiger partial charge in [-0.25, -0.2) is 4.79 Å². The molecule has 6 heteroatoms. The molecule has 2 aromatic rings. The van der Waals surface area contributed by atoms with E-state index in [2.05, 4.69) is 0 Å². The lowest BCUT2D eigenvalue weighted by Gasteiger charge is -2.39. The van der Waals surface area contributed by atoms with Crippen molar-refractivity contribution in [1.82, 2.24) is 0 Å². The number of aryl methyl sites for hydroxylation is 1. The lowest BCUT2D eigenvalue weighted by Crippen LogP contribution is -2.52. The average molecular weight is 369 g/mol. The Balaban J connectivity index is 1.64. The molecular weight excluding hydrogens is 346 g/mol. The molecular formula is C21H23NO5. The highest BCUT2D eigenvalue weighted by molar-refractivity contribution is 6.02. The maximum absolute atomic E-state index is 12.8. The van der Waals surface area contributed by atoms with Crippen LogP contribution in [0.25, 0.3) is 0 Å². The zero-order valence-corrected chi connectivity index (χ0v) is 15.7. The molecule has 0 saturated heterocycles. The second-order valence-electron chi connectivity index (χ2n) is 7.07. The second-order valence-corrected chi connectivity index (χ2v) is 7.07. The fourth-order valence-corrected chi connectivity index (χ4v) is 3.01. The third kappa shape index (κ3) is 4.05. The van der Waals surface area contributed by atoms with Gasteiger partial charge in [0.1, 0.15) is 11.5 Å². The molecule has 27 heavy (non-hydrogen) atoms. The van der Waals surface area contributed by atoms with Crippen LogP contribution in [0.15, 0.2) is 42.5 Å². The Morgan fingerprint density at radius 2 is 1.89 bits per heavy atom. The molecule has 1 N–H and O–H groups in total. The van der Waals surface area contributed by atoms with Crippen LogP contribution in [-0.2, 0) is 4.79 Å². The molecule has 0 atom stereocenters. The molecule has 3 rings (SSSR count). The quantitative estimate of drug-likeness (QED) is 0.787. The van der Waals surface area contributed by atoms with Gasteiger partial charge in [-0.3, -0.25) is 4.79 Å². The van der Waals surface area contributed by atoms with Gasteiger partial charge in [0.15, 0.2) is 5.60 Å². The summed E-state index contributed by atoms with van der Waals surface area (Å²) in [5, 5.41) is 8.91. The maximum Gasteiger partial charge on any atom is 0.335 e. The monoisotopic (exact) mass is 369 g/mol. The number of nitrogens with zero attached hydrogens (tertiary/aromatic N) is 1. The Morgan fingerprint density at radius 1 is 1.19 bits per heavy atom. The smallest absolute Gasteiger partial charge is 0.335 e. The number of rotatable bonds is 6. The van der Waals surface area contributed by atoms with Crippen molar-refractivity contribution < 1.29 is 24.2 Å². The van der Waals surface area contributed by atoms with E-state index in [0.29, 0.717) is 31.1 Å². The van der Waals surface area contributed by atoms with Crippen LogP contribution in [0.2, 0.25) is 0 Å². The zero-order valence-electron chi connectivity index (χ0n) is 15.7. The number of carbonyl (C=O) groups is 2. The SMILES string of the molecule is Cc1ccc2c(c1)N(CCCOc1ccc(C(=O)O)cc1)C(=O)C(C)(C)O2. The van der Waals surface area contributed by atoms with Crippen LogP contribution in [-0.4, -0.2) is 35.7 Å². The first-order valence-electron chi connectivity index (χ1n) is 8.86. The lowest BCUT2D eigenvalue weighted by molar-refractivity contribution is -0.132. The molecule has 0 unspecified atom stereocenters. The van der Waals surface area contributed by atoms with Crippen LogP contribution in [0.1, 0.15) is 36.2 Å². The van der Waals surface area contributed by atoms with Crippen molar-refractivity contribution in [2.75, 3.05) is 18.1 Å². The highest BCUT2D eigenvalue weighted by atomic mass is 16.5. The van der Waals surface area contributed by atoms with Gasteiger partial charge in [-0.2, -0.15) is 0 Å². The summed E-state index contributed by atoms with van der Waals surface area (Å²) in [6.07, 6.45) is 0.635. The third-order valence-electron chi connectivity index (χ3n) is 4.43. The summed E-state index contributed by atoms with van der Waals surface area (Å²) in [6, 6.07) is 12.1. The fraction of sp³-hybridized carbons (Fsp3) is 0.333. The summed E-state index contributed by atoms with van der Waals surface area (Å²) in [6.45, 7) is 6.44. The van der Waals surface area contributed by atoms with Gasteiger partial charge in [-0.05, 0) is 69.2 Å². The van der Waals surface area contributed by atoms with Crippen molar-refractivity contribution >= 4 is 17.6 Å². The Hall–Kier alpha value is -3.02. The molecule has 0 spiro atoms. The van der Waals surface area contributed by atoms with Gasteiger partial charge in [0.25, 0.3) is 5.91 Å². The van der Waals surface area contributed by atoms with Gasteiger partial charge in [0, 0.05) is 6.54 Å². The summed E-state index contributed by atoms with van der Waals surface area (Å²) in [4.78, 5) is 25.4. The van der Waals surface area contributed by atoms with Gasteiger partial charge in [0.05, 0.1) is 17.9 Å². The number of benzene rings is 2. The van der Waals surface area contributed by atoms with E-state index in [0.717, 1.165) is 11.3 Å². The summed E-state index contributed by atoms with van der Waals surface area (Å²) >= 11 is 0. The molecule has 2 aromatic carbocycles. The third-order valence-corrected chi connectivity index (χ3v) is 4.43. The van der Waals surface area contributed by atoms with Crippen LogP contribution in [0.5, 0.6) is 11.5 Å². The van der Waals surface area contributed by atoms with Gasteiger partial charge in [-0.1, -0.05) is 6.07 Å². The minimum absolute atomic E-state index is 0.0774. The van der Waals surface area contributed by atoms with E-state index in [9.17, 15) is 9.59 Å². The van der Waals surface area contributed by atoms with Gasteiger partial charge < -0.3 is 19.5 Å². The van der Waals surface area contributed by atoms with Crippen molar-refractivity contribution in [3.8, 4) is 11.5 Å². The summed E-state index contributed by atoms with van der Waals surface area (Å²) < 4.78 is 11.5. The normalized spacial score (nSPS) is 15.1. The summed E-state index contributed by atoms with van der Waals surface area (Å²) in [5.41, 5.74) is 1.15. The minimum atomic E-state index is -0.969. The molecule has 0 saturated carbocycles. The highest BCUT2D eigenvalue weighted by Crippen LogP contribution is 2.38. The largest absolute Gasteiger partial charge is 0.494 e. The summed E-state index contributed by atoms with van der Waals surface area (Å²) in [7, 11) is 0. The maximum atomic E-state index is 12.8. The predicted molar refractivity (Wildman–Crippen MR) is 102 cm³/mol. The standard InChI is InChI=1S/C21H23NO5/c1-14-5-10-18-17(13-14)22(20(25)21(2,3)27-18)11-4-12-26-16-8-6-15(7-9-16)19(23)24/h5-10,13H,4,11-12H2,1-3H3,(H,23,24). The van der Waals surface area contributed by atoms with Crippen molar-refractivity contribution in [2.45, 2.75) is 32.8 Å². The van der Waals surface area contributed by atoms with Crippen molar-refractivity contribution in [3.05, 3.63) is 53.6 Å². The van der Waals surface area contributed by atoms with Crippen molar-refractivity contribution in [3.63, 3.8) is 0 Å². The van der Waals surface area contributed by atoms with Crippen LogP contribution >= 0.6 is 0 Å². The number of carbonyl (C=O) groups excluding carboxylic acids is 1. The molecule has 142 valence electrons. The molecule has 0 fully saturated rings. The Kier molecular flexibility index (Phi) is 5.08. The van der Waals surface area contributed by atoms with E-state index < -0.39 is 11.6 Å². The number of amides is 1. The number of ether oxygens (including phenoxy) is 2. The first-order valence-corrected chi connectivity index (χ1v) is 8.86. The number of aromatic carboxylic acids is 1. The fourth-order valence-electron chi connectivity index (χ4n) is 3.01.